The van der Waals surface area contributed by atoms with Gasteiger partial charge in [-0.1, -0.05) is 30.7 Å². The summed E-state index contributed by atoms with van der Waals surface area (Å²) >= 11 is 0. The molecule has 1 fully saturated rings. The first kappa shape index (κ1) is 18.2. The quantitative estimate of drug-likeness (QED) is 0.834. The number of nitrogens with zero attached hydrogens (tertiary/aromatic N) is 2. The summed E-state index contributed by atoms with van der Waals surface area (Å²) in [5, 5.41) is 5.71. The van der Waals surface area contributed by atoms with Crippen LogP contribution >= 0.6 is 0 Å². The Morgan fingerprint density at radius 2 is 1.88 bits per heavy atom. The van der Waals surface area contributed by atoms with Crippen LogP contribution in [0.1, 0.15) is 30.4 Å². The van der Waals surface area contributed by atoms with Crippen LogP contribution in [0.2, 0.25) is 0 Å². The molecule has 3 rings (SSSR count). The number of hydrogen-bond donors (Lipinski definition) is 2. The number of pyridine rings is 1. The Labute approximate surface area is 154 Å². The molecule has 1 aromatic heterocycles. The summed E-state index contributed by atoms with van der Waals surface area (Å²) in [6.07, 6.45) is 5.46. The van der Waals surface area contributed by atoms with E-state index in [-0.39, 0.29) is 6.03 Å². The minimum absolute atomic E-state index is 0.246. The van der Waals surface area contributed by atoms with E-state index in [1.54, 1.807) is 25.4 Å². The SMILES string of the molecule is COc1ccc(NC(=O)NCc2ccccc2CN2CCCCC2)cn1. The molecule has 0 aliphatic carbocycles. The Bertz CT molecular complexity index is 712. The average molecular weight is 354 g/mol. The van der Waals surface area contributed by atoms with Gasteiger partial charge in [-0.15, -0.1) is 0 Å². The van der Waals surface area contributed by atoms with Gasteiger partial charge in [0.2, 0.25) is 5.88 Å². The summed E-state index contributed by atoms with van der Waals surface area (Å²) in [5.41, 5.74) is 3.06. The number of carbonyl (C=O) groups excluding carboxylic acids is 1. The van der Waals surface area contributed by atoms with Gasteiger partial charge >= 0.3 is 6.03 Å². The second kappa shape index (κ2) is 9.20. The van der Waals surface area contributed by atoms with Crippen molar-refractivity contribution in [3.8, 4) is 5.88 Å². The van der Waals surface area contributed by atoms with Crippen LogP contribution in [-0.4, -0.2) is 36.1 Å². The van der Waals surface area contributed by atoms with E-state index in [0.717, 1.165) is 25.2 Å². The minimum atomic E-state index is -0.246. The first-order valence-electron chi connectivity index (χ1n) is 9.08. The number of hydrogen-bond acceptors (Lipinski definition) is 4. The van der Waals surface area contributed by atoms with Crippen molar-refractivity contribution in [2.45, 2.75) is 32.4 Å². The number of urea groups is 1. The third-order valence-corrected chi connectivity index (χ3v) is 4.60. The van der Waals surface area contributed by atoms with Gasteiger partial charge in [0.05, 0.1) is 19.0 Å². The van der Waals surface area contributed by atoms with E-state index in [2.05, 4.69) is 38.7 Å². The maximum atomic E-state index is 12.1. The van der Waals surface area contributed by atoms with Crippen molar-refractivity contribution in [1.29, 1.82) is 0 Å². The van der Waals surface area contributed by atoms with Gasteiger partial charge in [-0.05, 0) is 43.1 Å². The second-order valence-corrected chi connectivity index (χ2v) is 6.50. The number of amides is 2. The zero-order chi connectivity index (χ0) is 18.2. The molecule has 2 aromatic rings. The van der Waals surface area contributed by atoms with Crippen molar-refractivity contribution in [2.24, 2.45) is 0 Å². The van der Waals surface area contributed by atoms with E-state index in [0.29, 0.717) is 18.1 Å². The average Bonchev–Trinajstić information content (AvgIpc) is 2.69. The summed E-state index contributed by atoms with van der Waals surface area (Å²) in [4.78, 5) is 18.7. The Hall–Kier alpha value is -2.60. The van der Waals surface area contributed by atoms with Gasteiger partial charge in [0, 0.05) is 19.2 Å². The van der Waals surface area contributed by atoms with Gasteiger partial charge in [-0.25, -0.2) is 9.78 Å². The molecule has 1 aliphatic heterocycles. The molecule has 1 saturated heterocycles. The molecule has 26 heavy (non-hydrogen) atoms. The van der Waals surface area contributed by atoms with E-state index in [1.807, 2.05) is 6.07 Å². The van der Waals surface area contributed by atoms with Crippen LogP contribution in [0.4, 0.5) is 10.5 Å². The Balaban J connectivity index is 1.54. The maximum absolute atomic E-state index is 12.1. The first-order chi connectivity index (χ1) is 12.7. The molecule has 0 radical (unpaired) electrons. The highest BCUT2D eigenvalue weighted by atomic mass is 16.5. The van der Waals surface area contributed by atoms with E-state index in [9.17, 15) is 4.79 Å². The lowest BCUT2D eigenvalue weighted by Crippen LogP contribution is -2.31. The molecule has 0 saturated carbocycles. The molecule has 6 nitrogen and oxygen atoms in total. The van der Waals surface area contributed by atoms with Gasteiger partial charge in [-0.3, -0.25) is 4.90 Å². The number of piperidine rings is 1. The van der Waals surface area contributed by atoms with Crippen molar-refractivity contribution in [2.75, 3.05) is 25.5 Å². The van der Waals surface area contributed by atoms with Crippen LogP contribution in [-0.2, 0) is 13.1 Å². The predicted octanol–water partition coefficient (Wildman–Crippen LogP) is 3.40. The molecule has 6 heteroatoms. The Kier molecular flexibility index (Phi) is 6.44. The monoisotopic (exact) mass is 354 g/mol. The van der Waals surface area contributed by atoms with E-state index < -0.39 is 0 Å². The molecule has 2 amide bonds. The van der Waals surface area contributed by atoms with Crippen LogP contribution in [0, 0.1) is 0 Å². The lowest BCUT2D eigenvalue weighted by atomic mass is 10.0. The third-order valence-electron chi connectivity index (χ3n) is 4.60. The molecule has 0 atom stereocenters. The molecule has 1 aromatic carbocycles. The highest BCUT2D eigenvalue weighted by Gasteiger charge is 2.12. The molecule has 138 valence electrons. The number of nitrogens with one attached hydrogen (secondary N) is 2. The third kappa shape index (κ3) is 5.20. The molecular formula is C20H26N4O2. The van der Waals surface area contributed by atoms with E-state index >= 15 is 0 Å². The van der Waals surface area contributed by atoms with Gasteiger partial charge < -0.3 is 15.4 Å². The van der Waals surface area contributed by atoms with Crippen LogP contribution in [0.25, 0.3) is 0 Å². The number of anilines is 1. The van der Waals surface area contributed by atoms with Gasteiger partial charge in [0.25, 0.3) is 0 Å². The molecule has 0 unspecified atom stereocenters. The van der Waals surface area contributed by atoms with E-state index in [1.165, 1.54) is 24.8 Å². The Morgan fingerprint density at radius 1 is 1.12 bits per heavy atom. The van der Waals surface area contributed by atoms with Crippen molar-refractivity contribution < 1.29 is 9.53 Å². The number of carbonyl (C=O) groups is 1. The second-order valence-electron chi connectivity index (χ2n) is 6.50. The van der Waals surface area contributed by atoms with Crippen LogP contribution in [0.5, 0.6) is 5.88 Å². The van der Waals surface area contributed by atoms with Crippen molar-refractivity contribution in [3.05, 3.63) is 53.7 Å². The van der Waals surface area contributed by atoms with Crippen molar-refractivity contribution in [3.63, 3.8) is 0 Å². The highest BCUT2D eigenvalue weighted by Crippen LogP contribution is 2.16. The number of likely N-dealkylation sites (tertiary alicyclic amines) is 1. The first-order valence-corrected chi connectivity index (χ1v) is 9.08. The molecule has 1 aliphatic rings. The predicted molar refractivity (Wildman–Crippen MR) is 102 cm³/mol. The van der Waals surface area contributed by atoms with Gasteiger partial charge in [-0.2, -0.15) is 0 Å². The van der Waals surface area contributed by atoms with Crippen LogP contribution < -0.4 is 15.4 Å². The maximum Gasteiger partial charge on any atom is 0.319 e. The topological polar surface area (TPSA) is 66.5 Å². The number of ether oxygens (including phenoxy) is 1. The number of benzene rings is 1. The fraction of sp³-hybridized carbons (Fsp3) is 0.400. The molecule has 2 heterocycles. The molecular weight excluding hydrogens is 328 g/mol. The molecule has 0 spiro atoms. The van der Waals surface area contributed by atoms with Crippen LogP contribution in [0.15, 0.2) is 42.6 Å². The fourth-order valence-corrected chi connectivity index (χ4v) is 3.17. The summed E-state index contributed by atoms with van der Waals surface area (Å²) in [6, 6.07) is 11.5. The summed E-state index contributed by atoms with van der Waals surface area (Å²) < 4.78 is 5.01. The minimum Gasteiger partial charge on any atom is -0.481 e. The van der Waals surface area contributed by atoms with Gasteiger partial charge in [0.15, 0.2) is 0 Å². The van der Waals surface area contributed by atoms with Crippen molar-refractivity contribution >= 4 is 11.7 Å². The van der Waals surface area contributed by atoms with Gasteiger partial charge in [0.1, 0.15) is 0 Å². The van der Waals surface area contributed by atoms with Crippen molar-refractivity contribution in [1.82, 2.24) is 15.2 Å². The Morgan fingerprint density at radius 3 is 2.58 bits per heavy atom. The molecule has 2 N–H and O–H groups in total. The molecule has 0 bridgehead atoms. The smallest absolute Gasteiger partial charge is 0.319 e. The number of methoxy groups -OCH3 is 1. The van der Waals surface area contributed by atoms with E-state index in [4.69, 9.17) is 4.74 Å². The standard InChI is InChI=1S/C20H26N4O2/c1-26-19-10-9-18(14-21-19)23-20(25)22-13-16-7-3-4-8-17(16)15-24-11-5-2-6-12-24/h3-4,7-10,14H,2,5-6,11-13,15H2,1H3,(H2,22,23,25). The highest BCUT2D eigenvalue weighted by molar-refractivity contribution is 5.89. The summed E-state index contributed by atoms with van der Waals surface area (Å²) in [6.45, 7) is 3.76. The number of aromatic nitrogens is 1. The number of rotatable bonds is 6. The zero-order valence-electron chi connectivity index (χ0n) is 15.2. The largest absolute Gasteiger partial charge is 0.481 e. The normalized spacial score (nSPS) is 14.7. The summed E-state index contributed by atoms with van der Waals surface area (Å²) in [5.74, 6) is 0.516. The lowest BCUT2D eigenvalue weighted by Gasteiger charge is -2.27. The lowest BCUT2D eigenvalue weighted by molar-refractivity contribution is 0.220. The summed E-state index contributed by atoms with van der Waals surface area (Å²) in [7, 11) is 1.56. The van der Waals surface area contributed by atoms with Crippen LogP contribution in [0.3, 0.4) is 0 Å². The fourth-order valence-electron chi connectivity index (χ4n) is 3.17. The zero-order valence-corrected chi connectivity index (χ0v) is 15.2.